The Morgan fingerprint density at radius 3 is 2.68 bits per heavy atom. The van der Waals surface area contributed by atoms with Crippen LogP contribution in [0.2, 0.25) is 0 Å². The fourth-order valence-electron chi connectivity index (χ4n) is 5.69. The van der Waals surface area contributed by atoms with Crippen LogP contribution in [0.4, 0.5) is 5.69 Å². The number of aromatic amines is 1. The van der Waals surface area contributed by atoms with Crippen LogP contribution in [-0.4, -0.2) is 74.8 Å². The van der Waals surface area contributed by atoms with Gasteiger partial charge in [0.25, 0.3) is 5.91 Å². The molecule has 2 saturated heterocycles. The number of carbonyl (C=O) groups is 1. The summed E-state index contributed by atoms with van der Waals surface area (Å²) < 4.78 is 7.67. The largest absolute Gasteiger partial charge is 0.378 e. The number of nitrogens with zero attached hydrogens (tertiary/aromatic N) is 6. The molecule has 4 aromatic heterocycles. The molecule has 0 radical (unpaired) electrons. The van der Waals surface area contributed by atoms with Gasteiger partial charge in [-0.25, -0.2) is 9.50 Å². The van der Waals surface area contributed by atoms with Crippen molar-refractivity contribution in [2.24, 2.45) is 0 Å². The standard InChI is InChI=1S/C29H29N7O2/c37-29(23-2-1-8-30-18-23)35-10-6-20(7-11-35)27-19-32-28-26(34-12-14-38-15-13-34)17-25(33-36(27)28)21-3-4-24-22(16-21)5-9-31-24/h1-5,8-9,16-20,31H,6-7,10-15H2. The summed E-state index contributed by atoms with van der Waals surface area (Å²) in [5, 5.41) is 6.29. The van der Waals surface area contributed by atoms with Gasteiger partial charge in [0, 0.05) is 67.2 Å². The van der Waals surface area contributed by atoms with Crippen LogP contribution in [-0.2, 0) is 4.74 Å². The Morgan fingerprint density at radius 1 is 1.00 bits per heavy atom. The minimum Gasteiger partial charge on any atom is -0.378 e. The number of carbonyl (C=O) groups excluding carboxylic acids is 1. The van der Waals surface area contributed by atoms with Crippen LogP contribution in [0.25, 0.3) is 27.8 Å². The lowest BCUT2D eigenvalue weighted by Crippen LogP contribution is -2.38. The molecule has 0 unspecified atom stereocenters. The Hall–Kier alpha value is -4.24. The lowest BCUT2D eigenvalue weighted by Gasteiger charge is -2.32. The van der Waals surface area contributed by atoms with Crippen LogP contribution in [0.15, 0.2) is 67.3 Å². The smallest absolute Gasteiger partial charge is 0.255 e. The zero-order valence-electron chi connectivity index (χ0n) is 21.1. The summed E-state index contributed by atoms with van der Waals surface area (Å²) in [4.78, 5) is 29.5. The van der Waals surface area contributed by atoms with E-state index in [0.29, 0.717) is 31.9 Å². The van der Waals surface area contributed by atoms with Gasteiger partial charge >= 0.3 is 0 Å². The first-order valence-corrected chi connectivity index (χ1v) is 13.2. The van der Waals surface area contributed by atoms with Gasteiger partial charge in [-0.15, -0.1) is 0 Å². The number of fused-ring (bicyclic) bond motifs is 2. The molecule has 0 bridgehead atoms. The lowest BCUT2D eigenvalue weighted by atomic mass is 9.93. The van der Waals surface area contributed by atoms with E-state index in [4.69, 9.17) is 14.8 Å². The van der Waals surface area contributed by atoms with Gasteiger partial charge in [0.1, 0.15) is 0 Å². The number of rotatable bonds is 4. The van der Waals surface area contributed by atoms with E-state index >= 15 is 0 Å². The Morgan fingerprint density at radius 2 is 1.87 bits per heavy atom. The molecular weight excluding hydrogens is 478 g/mol. The molecule has 0 spiro atoms. The monoisotopic (exact) mass is 507 g/mol. The first kappa shape index (κ1) is 22.9. The second-order valence-electron chi connectivity index (χ2n) is 10.0. The minimum absolute atomic E-state index is 0.0462. The average molecular weight is 508 g/mol. The van der Waals surface area contributed by atoms with Crippen LogP contribution < -0.4 is 4.90 Å². The first-order valence-electron chi connectivity index (χ1n) is 13.2. The summed E-state index contributed by atoms with van der Waals surface area (Å²) in [5.41, 5.74) is 6.81. The number of imidazole rings is 1. The van der Waals surface area contributed by atoms with Crippen molar-refractivity contribution in [2.75, 3.05) is 44.3 Å². The number of anilines is 1. The first-order chi connectivity index (χ1) is 18.7. The predicted octanol–water partition coefficient (Wildman–Crippen LogP) is 4.13. The number of nitrogens with one attached hydrogen (secondary N) is 1. The number of benzene rings is 1. The van der Waals surface area contributed by atoms with Crippen molar-refractivity contribution in [1.29, 1.82) is 0 Å². The topological polar surface area (TPSA) is 91.6 Å². The summed E-state index contributed by atoms with van der Waals surface area (Å²) >= 11 is 0. The van der Waals surface area contributed by atoms with Gasteiger partial charge in [-0.05, 0) is 49.2 Å². The fourth-order valence-corrected chi connectivity index (χ4v) is 5.69. The molecule has 192 valence electrons. The number of hydrogen-bond donors (Lipinski definition) is 1. The highest BCUT2D eigenvalue weighted by Gasteiger charge is 2.28. The second-order valence-corrected chi connectivity index (χ2v) is 10.0. The number of morpholine rings is 1. The average Bonchev–Trinajstić information content (AvgIpc) is 3.64. The van der Waals surface area contributed by atoms with Crippen molar-refractivity contribution in [3.8, 4) is 11.3 Å². The third-order valence-electron chi connectivity index (χ3n) is 7.78. The number of likely N-dealkylation sites (tertiary alicyclic amines) is 1. The maximum atomic E-state index is 12.9. The van der Waals surface area contributed by atoms with Gasteiger partial charge in [0.2, 0.25) is 0 Å². The number of piperidine rings is 1. The van der Waals surface area contributed by atoms with E-state index in [2.05, 4.69) is 45.2 Å². The van der Waals surface area contributed by atoms with E-state index in [1.165, 1.54) is 0 Å². The van der Waals surface area contributed by atoms with Crippen molar-refractivity contribution < 1.29 is 9.53 Å². The lowest BCUT2D eigenvalue weighted by molar-refractivity contribution is 0.0711. The Bertz CT molecular complexity index is 1600. The number of pyridine rings is 1. The van der Waals surface area contributed by atoms with Gasteiger partial charge in [-0.3, -0.25) is 9.78 Å². The molecule has 0 saturated carbocycles. The molecule has 5 aromatic rings. The Balaban J connectivity index is 1.23. The molecule has 2 aliphatic rings. The van der Waals surface area contributed by atoms with Crippen molar-refractivity contribution in [3.63, 3.8) is 0 Å². The molecule has 2 fully saturated rings. The van der Waals surface area contributed by atoms with Crippen LogP contribution in [0, 0.1) is 0 Å². The molecule has 1 aromatic carbocycles. The van der Waals surface area contributed by atoms with Gasteiger partial charge in [0.15, 0.2) is 5.65 Å². The third kappa shape index (κ3) is 4.09. The second kappa shape index (κ2) is 9.57. The molecule has 2 aliphatic heterocycles. The maximum Gasteiger partial charge on any atom is 0.255 e. The van der Waals surface area contributed by atoms with E-state index in [-0.39, 0.29) is 11.8 Å². The summed E-state index contributed by atoms with van der Waals surface area (Å²) in [5.74, 6) is 0.320. The maximum absolute atomic E-state index is 12.9. The zero-order chi connectivity index (χ0) is 25.5. The van der Waals surface area contributed by atoms with Crippen LogP contribution in [0.1, 0.15) is 34.8 Å². The molecule has 9 nitrogen and oxygen atoms in total. The van der Waals surface area contributed by atoms with Gasteiger partial charge in [-0.1, -0.05) is 6.07 Å². The van der Waals surface area contributed by atoms with E-state index < -0.39 is 0 Å². The van der Waals surface area contributed by atoms with Crippen LogP contribution in [0.5, 0.6) is 0 Å². The molecule has 0 aliphatic carbocycles. The molecule has 7 rings (SSSR count). The van der Waals surface area contributed by atoms with Crippen molar-refractivity contribution in [3.05, 3.63) is 78.5 Å². The molecule has 9 heteroatoms. The number of hydrogen-bond acceptors (Lipinski definition) is 6. The summed E-state index contributed by atoms with van der Waals surface area (Å²) in [7, 11) is 0. The molecule has 0 atom stereocenters. The SMILES string of the molecule is O=C(c1cccnc1)N1CCC(c2cnc3c(N4CCOCC4)cc(-c4ccc5[nH]ccc5c4)nn23)CC1. The molecule has 6 heterocycles. The van der Waals surface area contributed by atoms with Gasteiger partial charge in [0.05, 0.1) is 42.0 Å². The van der Waals surface area contributed by atoms with E-state index in [0.717, 1.165) is 65.1 Å². The highest BCUT2D eigenvalue weighted by atomic mass is 16.5. The predicted molar refractivity (Wildman–Crippen MR) is 145 cm³/mol. The molecule has 38 heavy (non-hydrogen) atoms. The molecule has 1 N–H and O–H groups in total. The van der Waals surface area contributed by atoms with Gasteiger partial charge < -0.3 is 19.5 Å². The number of aromatic nitrogens is 5. The van der Waals surface area contributed by atoms with Crippen LogP contribution >= 0.6 is 0 Å². The van der Waals surface area contributed by atoms with Crippen molar-refractivity contribution in [1.82, 2.24) is 29.5 Å². The number of amides is 1. The summed E-state index contributed by atoms with van der Waals surface area (Å²) in [6.07, 6.45) is 9.01. The third-order valence-corrected chi connectivity index (χ3v) is 7.78. The van der Waals surface area contributed by atoms with E-state index in [1.54, 1.807) is 12.4 Å². The quantitative estimate of drug-likeness (QED) is 0.393. The number of H-pyrrole nitrogens is 1. The highest BCUT2D eigenvalue weighted by molar-refractivity contribution is 5.94. The molecular formula is C29H29N7O2. The van der Waals surface area contributed by atoms with Gasteiger partial charge in [-0.2, -0.15) is 5.10 Å². The van der Waals surface area contributed by atoms with E-state index in [9.17, 15) is 4.79 Å². The summed E-state index contributed by atoms with van der Waals surface area (Å²) in [6, 6.07) is 14.3. The van der Waals surface area contributed by atoms with Crippen molar-refractivity contribution >= 4 is 28.1 Å². The zero-order valence-corrected chi connectivity index (χ0v) is 21.1. The fraction of sp³-hybridized carbons (Fsp3) is 0.310. The Labute approximate surface area is 220 Å². The van der Waals surface area contributed by atoms with E-state index in [1.807, 2.05) is 33.9 Å². The Kier molecular flexibility index (Phi) is 5.77. The van der Waals surface area contributed by atoms with Crippen molar-refractivity contribution in [2.45, 2.75) is 18.8 Å². The normalized spacial score (nSPS) is 16.9. The number of ether oxygens (including phenoxy) is 1. The molecule has 1 amide bonds. The minimum atomic E-state index is 0.0462. The van der Waals surface area contributed by atoms with Crippen LogP contribution in [0.3, 0.4) is 0 Å². The summed E-state index contributed by atoms with van der Waals surface area (Å²) in [6.45, 7) is 4.46. The highest BCUT2D eigenvalue weighted by Crippen LogP contribution is 2.34.